The van der Waals surface area contributed by atoms with Crippen LogP contribution in [0.5, 0.6) is 0 Å². The highest BCUT2D eigenvalue weighted by molar-refractivity contribution is 5.94. The molecule has 1 aromatic heterocycles. The Hall–Kier alpha value is -2.44. The van der Waals surface area contributed by atoms with Gasteiger partial charge in [-0.1, -0.05) is 6.07 Å². The smallest absolute Gasteiger partial charge is 0.255 e. The van der Waals surface area contributed by atoms with Crippen LogP contribution in [0.1, 0.15) is 34.3 Å². The molecule has 142 valence electrons. The van der Waals surface area contributed by atoms with E-state index in [2.05, 4.69) is 36.3 Å². The third-order valence-corrected chi connectivity index (χ3v) is 5.42. The summed E-state index contributed by atoms with van der Waals surface area (Å²) in [5.74, 6) is 0.267. The van der Waals surface area contributed by atoms with E-state index < -0.39 is 5.79 Å². The number of rotatable bonds is 3. The van der Waals surface area contributed by atoms with Gasteiger partial charge in [-0.2, -0.15) is 0 Å². The predicted octanol–water partition coefficient (Wildman–Crippen LogP) is 3.42. The van der Waals surface area contributed by atoms with Crippen LogP contribution in [0.25, 0.3) is 0 Å². The molecule has 4 rings (SSSR count). The van der Waals surface area contributed by atoms with Gasteiger partial charge >= 0.3 is 0 Å². The van der Waals surface area contributed by atoms with E-state index in [9.17, 15) is 4.79 Å². The number of hydrogen-bond donors (Lipinski definition) is 1. The van der Waals surface area contributed by atoms with Crippen molar-refractivity contribution in [2.45, 2.75) is 32.5 Å². The van der Waals surface area contributed by atoms with Crippen molar-refractivity contribution in [2.75, 3.05) is 31.6 Å². The zero-order valence-electron chi connectivity index (χ0n) is 15.8. The van der Waals surface area contributed by atoms with Gasteiger partial charge in [0.05, 0.1) is 18.8 Å². The molecule has 2 aromatic rings. The summed E-state index contributed by atoms with van der Waals surface area (Å²) in [6.07, 6.45) is 3.08. The van der Waals surface area contributed by atoms with Crippen LogP contribution >= 0.6 is 0 Å². The summed E-state index contributed by atoms with van der Waals surface area (Å²) in [4.78, 5) is 19.0. The summed E-state index contributed by atoms with van der Waals surface area (Å²) in [7, 11) is 0. The number of piperidine rings is 1. The number of pyridine rings is 1. The number of carbonyl (C=O) groups excluding carboxylic acids is 1. The fourth-order valence-electron chi connectivity index (χ4n) is 3.58. The first kappa shape index (κ1) is 17.9. The van der Waals surface area contributed by atoms with Crippen molar-refractivity contribution < 1.29 is 14.3 Å². The van der Waals surface area contributed by atoms with Gasteiger partial charge in [0.1, 0.15) is 5.82 Å². The van der Waals surface area contributed by atoms with Crippen LogP contribution in [0, 0.1) is 13.8 Å². The number of ether oxygens (including phenoxy) is 2. The molecule has 0 unspecified atom stereocenters. The topological polar surface area (TPSA) is 63.7 Å². The normalized spacial score (nSPS) is 18.7. The second-order valence-corrected chi connectivity index (χ2v) is 7.26. The molecule has 1 aromatic carbocycles. The number of nitrogens with zero attached hydrogens (tertiary/aromatic N) is 2. The molecule has 0 atom stereocenters. The van der Waals surface area contributed by atoms with E-state index in [1.54, 1.807) is 6.20 Å². The van der Waals surface area contributed by atoms with Crippen LogP contribution in [0.15, 0.2) is 36.5 Å². The minimum absolute atomic E-state index is 0.00748. The Morgan fingerprint density at radius 2 is 1.81 bits per heavy atom. The van der Waals surface area contributed by atoms with E-state index in [0.717, 1.165) is 24.3 Å². The number of likely N-dealkylation sites (tertiary alicyclic amines) is 1. The van der Waals surface area contributed by atoms with Crippen molar-refractivity contribution in [3.05, 3.63) is 53.2 Å². The van der Waals surface area contributed by atoms with Crippen molar-refractivity contribution >= 4 is 17.4 Å². The quantitative estimate of drug-likeness (QED) is 0.901. The maximum Gasteiger partial charge on any atom is 0.255 e. The number of anilines is 2. The fraction of sp³-hybridized carbons (Fsp3) is 0.429. The van der Waals surface area contributed by atoms with Crippen LogP contribution < -0.4 is 5.32 Å². The van der Waals surface area contributed by atoms with Gasteiger partial charge in [0, 0.05) is 37.8 Å². The zero-order valence-corrected chi connectivity index (χ0v) is 15.8. The Kier molecular flexibility index (Phi) is 4.85. The molecule has 0 bridgehead atoms. The monoisotopic (exact) mass is 367 g/mol. The Bertz CT molecular complexity index is 819. The lowest BCUT2D eigenvalue weighted by atomic mass is 10.0. The fourth-order valence-corrected chi connectivity index (χ4v) is 3.58. The van der Waals surface area contributed by atoms with Crippen molar-refractivity contribution in [3.63, 3.8) is 0 Å². The van der Waals surface area contributed by atoms with Gasteiger partial charge in [0.25, 0.3) is 5.91 Å². The number of aryl methyl sites for hydroxylation is 2. The number of carbonyl (C=O) groups is 1. The summed E-state index contributed by atoms with van der Waals surface area (Å²) in [5, 5.41) is 3.28. The molecule has 1 N–H and O–H groups in total. The average Bonchev–Trinajstić information content (AvgIpc) is 3.13. The molecule has 3 heterocycles. The highest BCUT2D eigenvalue weighted by atomic mass is 16.7. The predicted molar refractivity (Wildman–Crippen MR) is 103 cm³/mol. The van der Waals surface area contributed by atoms with E-state index >= 15 is 0 Å². The van der Waals surface area contributed by atoms with E-state index in [1.807, 2.05) is 23.1 Å². The molecule has 27 heavy (non-hydrogen) atoms. The lowest BCUT2D eigenvalue weighted by Crippen LogP contribution is -2.47. The van der Waals surface area contributed by atoms with Crippen molar-refractivity contribution in [1.29, 1.82) is 0 Å². The first-order valence-corrected chi connectivity index (χ1v) is 9.42. The largest absolute Gasteiger partial charge is 0.347 e. The van der Waals surface area contributed by atoms with Gasteiger partial charge in [-0.25, -0.2) is 4.98 Å². The maximum absolute atomic E-state index is 12.7. The zero-order chi connectivity index (χ0) is 18.9. The molecular formula is C21H25N3O3. The van der Waals surface area contributed by atoms with Gasteiger partial charge in [-0.15, -0.1) is 0 Å². The summed E-state index contributed by atoms with van der Waals surface area (Å²) in [6.45, 7) is 6.74. The highest BCUT2D eigenvalue weighted by Crippen LogP contribution is 2.31. The summed E-state index contributed by atoms with van der Waals surface area (Å²) >= 11 is 0. The number of hydrogen-bond acceptors (Lipinski definition) is 5. The van der Waals surface area contributed by atoms with Crippen LogP contribution in [-0.2, 0) is 9.47 Å². The first-order valence-electron chi connectivity index (χ1n) is 9.42. The third kappa shape index (κ3) is 3.82. The lowest BCUT2D eigenvalue weighted by Gasteiger charge is -2.37. The Morgan fingerprint density at radius 1 is 1.07 bits per heavy atom. The molecular weight excluding hydrogens is 342 g/mol. The molecule has 0 aliphatic carbocycles. The Morgan fingerprint density at radius 3 is 2.44 bits per heavy atom. The van der Waals surface area contributed by atoms with E-state index in [0.29, 0.717) is 31.9 Å². The molecule has 1 spiro atoms. The van der Waals surface area contributed by atoms with Crippen molar-refractivity contribution in [3.8, 4) is 0 Å². The van der Waals surface area contributed by atoms with Crippen LogP contribution in [-0.4, -0.2) is 47.9 Å². The van der Waals surface area contributed by atoms with Gasteiger partial charge in [-0.3, -0.25) is 4.79 Å². The van der Waals surface area contributed by atoms with Gasteiger partial charge in [-0.05, 0) is 49.2 Å². The maximum atomic E-state index is 12.7. The minimum Gasteiger partial charge on any atom is -0.347 e. The number of nitrogens with one attached hydrogen (secondary N) is 1. The van der Waals surface area contributed by atoms with Crippen molar-refractivity contribution in [1.82, 2.24) is 9.88 Å². The third-order valence-electron chi connectivity index (χ3n) is 5.42. The molecule has 2 aliphatic rings. The van der Waals surface area contributed by atoms with Crippen LogP contribution in [0.4, 0.5) is 11.5 Å². The molecule has 2 saturated heterocycles. The van der Waals surface area contributed by atoms with Gasteiger partial charge < -0.3 is 19.7 Å². The minimum atomic E-state index is -0.463. The SMILES string of the molecule is Cc1ccc(Nc2ccc(C(=O)N3CCC4(CC3)OCCO4)cn2)cc1C. The summed E-state index contributed by atoms with van der Waals surface area (Å²) in [5.41, 5.74) is 4.07. The second kappa shape index (κ2) is 7.29. The van der Waals surface area contributed by atoms with Crippen molar-refractivity contribution in [2.24, 2.45) is 0 Å². The molecule has 0 radical (unpaired) electrons. The molecule has 1 amide bonds. The highest BCUT2D eigenvalue weighted by Gasteiger charge is 2.40. The average molecular weight is 367 g/mol. The van der Waals surface area contributed by atoms with Crippen LogP contribution in [0.3, 0.4) is 0 Å². The van der Waals surface area contributed by atoms with E-state index in [4.69, 9.17) is 9.47 Å². The number of benzene rings is 1. The number of amides is 1. The lowest BCUT2D eigenvalue weighted by molar-refractivity contribution is -0.181. The Labute approximate surface area is 159 Å². The van der Waals surface area contributed by atoms with Gasteiger partial charge in [0.2, 0.25) is 0 Å². The molecule has 6 nitrogen and oxygen atoms in total. The Balaban J connectivity index is 1.38. The molecule has 2 fully saturated rings. The summed E-state index contributed by atoms with van der Waals surface area (Å²) < 4.78 is 11.4. The molecule has 0 saturated carbocycles. The van der Waals surface area contributed by atoms with E-state index in [-0.39, 0.29) is 5.91 Å². The first-order chi connectivity index (χ1) is 13.0. The standard InChI is InChI=1S/C21H25N3O3/c1-15-3-5-18(13-16(15)2)23-19-6-4-17(14-22-19)20(25)24-9-7-21(8-10-24)26-11-12-27-21/h3-6,13-14H,7-12H2,1-2H3,(H,22,23). The van der Waals surface area contributed by atoms with Gasteiger partial charge in [0.15, 0.2) is 5.79 Å². The second-order valence-electron chi connectivity index (χ2n) is 7.26. The molecule has 6 heteroatoms. The van der Waals surface area contributed by atoms with E-state index in [1.165, 1.54) is 11.1 Å². The number of aromatic nitrogens is 1. The van der Waals surface area contributed by atoms with Crippen LogP contribution in [0.2, 0.25) is 0 Å². The molecule has 2 aliphatic heterocycles. The summed E-state index contributed by atoms with van der Waals surface area (Å²) in [6, 6.07) is 9.87.